The quantitative estimate of drug-likeness (QED) is 0.0128. The van der Waals surface area contributed by atoms with Gasteiger partial charge in [0, 0.05) is 25.7 Å². The first-order chi connectivity index (χ1) is 47.7. The summed E-state index contributed by atoms with van der Waals surface area (Å²) in [6, 6.07) is 0. The zero-order valence-corrected chi connectivity index (χ0v) is 64.0. The number of hydrogen-bond donors (Lipinski definition) is 3. The number of ether oxygens (including phenoxy) is 4. The van der Waals surface area contributed by atoms with Crippen LogP contribution >= 0.6 is 15.6 Å². The molecule has 0 heterocycles. The molecule has 570 valence electrons. The molecule has 0 aliphatic rings. The number of allylic oxidation sites excluding steroid dienone is 12. The molecule has 19 heteroatoms. The van der Waals surface area contributed by atoms with E-state index in [1.807, 2.05) is 0 Å². The Balaban J connectivity index is 5.36. The Kier molecular flexibility index (Phi) is 69.3. The van der Waals surface area contributed by atoms with E-state index < -0.39 is 97.5 Å². The number of esters is 4. The van der Waals surface area contributed by atoms with Crippen molar-refractivity contribution in [1.82, 2.24) is 0 Å². The van der Waals surface area contributed by atoms with Gasteiger partial charge in [0.15, 0.2) is 12.2 Å². The standard InChI is InChI=1S/C79H142O17P2/c1-5-9-13-17-21-25-29-33-36-40-44-48-52-56-60-64-77(82)90-70-75(96-79(84)66-62-58-54-50-46-42-38-35-31-27-23-19-15-11-7-3)72-94-98(87,88)92-68-73(80)67-91-97(85,86)93-71-74(69-89-76(81)63-59-55-51-47-43-39-32-28-24-20-16-12-8-4)95-78(83)65-61-57-53-49-45-41-37-34-30-26-22-18-14-10-6-2/h22-23,25-27,29,33-38,73-75,80H,5-21,24,28,30-32,39-72H2,1-4H3,(H,85,86)(H,87,88)/b26-22-,27-23-,29-25-,36-33-,37-34-,38-35-/t73-,74+,75+/m0/s1. The molecule has 2 unspecified atom stereocenters. The molecule has 0 bridgehead atoms. The largest absolute Gasteiger partial charge is 0.472 e. The van der Waals surface area contributed by atoms with Gasteiger partial charge in [-0.3, -0.25) is 37.3 Å². The SMILES string of the molecule is CCCCC/C=C\C/C=C\CCCCCCCC(=O)O[C@H](COC(=O)CCCCCCC/C=C\C=C/CCCCCC)COP(=O)(O)OC[C@@H](O)COP(=O)(O)OC[C@@H](COC(=O)CCCCCCCCCCCCCCC)OC(=O)CCCCCCC/C=C\C/C=C\CCCCC. The van der Waals surface area contributed by atoms with Crippen molar-refractivity contribution in [3.05, 3.63) is 72.9 Å². The molecule has 0 aliphatic carbocycles. The van der Waals surface area contributed by atoms with Crippen LogP contribution in [-0.2, 0) is 65.4 Å². The van der Waals surface area contributed by atoms with Crippen LogP contribution in [0.1, 0.15) is 349 Å². The molecular weight excluding hydrogens is 1280 g/mol. The Hall–Kier alpha value is -3.50. The van der Waals surface area contributed by atoms with Crippen molar-refractivity contribution in [1.29, 1.82) is 0 Å². The molecule has 0 aromatic rings. The first kappa shape index (κ1) is 94.5. The normalized spacial score (nSPS) is 14.3. The van der Waals surface area contributed by atoms with Crippen LogP contribution in [0.4, 0.5) is 0 Å². The molecule has 0 rings (SSSR count). The van der Waals surface area contributed by atoms with Gasteiger partial charge in [-0.1, -0.05) is 280 Å². The minimum atomic E-state index is -4.98. The predicted molar refractivity (Wildman–Crippen MR) is 400 cm³/mol. The number of unbranched alkanes of at least 4 members (excludes halogenated alkanes) is 37. The van der Waals surface area contributed by atoms with Crippen LogP contribution in [0.5, 0.6) is 0 Å². The lowest BCUT2D eigenvalue weighted by molar-refractivity contribution is -0.161. The highest BCUT2D eigenvalue weighted by atomic mass is 31.2. The predicted octanol–water partition coefficient (Wildman–Crippen LogP) is 22.4. The average Bonchev–Trinajstić information content (AvgIpc) is 1.04. The highest BCUT2D eigenvalue weighted by Crippen LogP contribution is 2.45. The summed E-state index contributed by atoms with van der Waals surface area (Å²) >= 11 is 0. The molecule has 0 saturated carbocycles. The molecule has 98 heavy (non-hydrogen) atoms. The monoisotopic (exact) mass is 1420 g/mol. The summed E-state index contributed by atoms with van der Waals surface area (Å²) in [6.07, 6.45) is 71.6. The third-order valence-corrected chi connectivity index (χ3v) is 18.6. The molecule has 0 amide bonds. The minimum Gasteiger partial charge on any atom is -0.462 e. The highest BCUT2D eigenvalue weighted by Gasteiger charge is 2.30. The van der Waals surface area contributed by atoms with Crippen LogP contribution in [0.3, 0.4) is 0 Å². The van der Waals surface area contributed by atoms with Crippen molar-refractivity contribution in [2.24, 2.45) is 0 Å². The second-order valence-corrected chi connectivity index (χ2v) is 29.2. The number of carbonyl (C=O) groups excluding carboxylic acids is 4. The second-order valence-electron chi connectivity index (χ2n) is 26.3. The number of aliphatic hydroxyl groups excluding tert-OH is 1. The van der Waals surface area contributed by atoms with Crippen LogP contribution in [0, 0.1) is 0 Å². The summed E-state index contributed by atoms with van der Waals surface area (Å²) in [5.74, 6) is -2.20. The van der Waals surface area contributed by atoms with Gasteiger partial charge in [-0.25, -0.2) is 9.13 Å². The summed E-state index contributed by atoms with van der Waals surface area (Å²) in [4.78, 5) is 72.9. The van der Waals surface area contributed by atoms with Crippen molar-refractivity contribution in [3.8, 4) is 0 Å². The average molecular weight is 1430 g/mol. The van der Waals surface area contributed by atoms with Crippen molar-refractivity contribution >= 4 is 39.5 Å². The Bertz CT molecular complexity index is 2140. The Morgan fingerprint density at radius 2 is 0.531 bits per heavy atom. The van der Waals surface area contributed by atoms with Crippen LogP contribution in [-0.4, -0.2) is 96.7 Å². The van der Waals surface area contributed by atoms with E-state index in [1.54, 1.807) is 0 Å². The number of aliphatic hydroxyl groups is 1. The lowest BCUT2D eigenvalue weighted by atomic mass is 10.0. The van der Waals surface area contributed by atoms with Crippen LogP contribution in [0.25, 0.3) is 0 Å². The third-order valence-electron chi connectivity index (χ3n) is 16.7. The number of hydrogen-bond acceptors (Lipinski definition) is 15. The molecule has 0 saturated heterocycles. The van der Waals surface area contributed by atoms with Gasteiger partial charge in [-0.2, -0.15) is 0 Å². The fraction of sp³-hybridized carbons (Fsp3) is 0.797. The number of rotatable bonds is 74. The first-order valence-electron chi connectivity index (χ1n) is 39.2. The topological polar surface area (TPSA) is 237 Å². The minimum absolute atomic E-state index is 0.0777. The fourth-order valence-corrected chi connectivity index (χ4v) is 12.2. The number of carbonyl (C=O) groups is 4. The zero-order chi connectivity index (χ0) is 71.8. The van der Waals surface area contributed by atoms with Gasteiger partial charge >= 0.3 is 39.5 Å². The lowest BCUT2D eigenvalue weighted by Crippen LogP contribution is -2.30. The maximum Gasteiger partial charge on any atom is 0.472 e. The van der Waals surface area contributed by atoms with Crippen LogP contribution in [0.15, 0.2) is 72.9 Å². The zero-order valence-electron chi connectivity index (χ0n) is 62.2. The Labute approximate surface area is 596 Å². The van der Waals surface area contributed by atoms with Crippen LogP contribution < -0.4 is 0 Å². The van der Waals surface area contributed by atoms with E-state index in [0.29, 0.717) is 25.7 Å². The fourth-order valence-electron chi connectivity index (χ4n) is 10.6. The van der Waals surface area contributed by atoms with Gasteiger partial charge in [0.25, 0.3) is 0 Å². The number of phosphoric ester groups is 2. The molecule has 3 N–H and O–H groups in total. The maximum absolute atomic E-state index is 13.1. The molecule has 0 spiro atoms. The van der Waals surface area contributed by atoms with Crippen LogP contribution in [0.2, 0.25) is 0 Å². The lowest BCUT2D eigenvalue weighted by Gasteiger charge is -2.21. The molecule has 17 nitrogen and oxygen atoms in total. The summed E-state index contributed by atoms with van der Waals surface area (Å²) in [6.45, 7) is 4.80. The summed E-state index contributed by atoms with van der Waals surface area (Å²) < 4.78 is 68.5. The van der Waals surface area contributed by atoms with Gasteiger partial charge in [0.2, 0.25) is 0 Å². The molecule has 0 fully saturated rings. The number of phosphoric acid groups is 2. The van der Waals surface area contributed by atoms with Gasteiger partial charge in [0.1, 0.15) is 19.3 Å². The molecule has 0 radical (unpaired) electrons. The summed E-state index contributed by atoms with van der Waals surface area (Å²) in [7, 11) is -9.95. The van der Waals surface area contributed by atoms with E-state index >= 15 is 0 Å². The van der Waals surface area contributed by atoms with Gasteiger partial charge in [0.05, 0.1) is 26.4 Å². The summed E-state index contributed by atoms with van der Waals surface area (Å²) in [5, 5.41) is 10.6. The Morgan fingerprint density at radius 3 is 0.847 bits per heavy atom. The van der Waals surface area contributed by atoms with Gasteiger partial charge in [-0.15, -0.1) is 0 Å². The van der Waals surface area contributed by atoms with E-state index in [1.165, 1.54) is 122 Å². The van der Waals surface area contributed by atoms with E-state index in [-0.39, 0.29) is 25.7 Å². The smallest absolute Gasteiger partial charge is 0.462 e. The summed E-state index contributed by atoms with van der Waals surface area (Å²) in [5.41, 5.74) is 0. The highest BCUT2D eigenvalue weighted by molar-refractivity contribution is 7.47. The third kappa shape index (κ3) is 70.9. The van der Waals surface area contributed by atoms with Gasteiger partial charge < -0.3 is 33.8 Å². The van der Waals surface area contributed by atoms with Crippen molar-refractivity contribution in [2.75, 3.05) is 39.6 Å². The molecule has 0 aromatic carbocycles. The van der Waals surface area contributed by atoms with Gasteiger partial charge in [-0.05, 0) is 116 Å². The molecule has 0 aromatic heterocycles. The van der Waals surface area contributed by atoms with E-state index in [9.17, 15) is 43.2 Å². The van der Waals surface area contributed by atoms with E-state index in [4.69, 9.17) is 37.0 Å². The second kappa shape index (κ2) is 71.9. The maximum atomic E-state index is 13.1. The Morgan fingerprint density at radius 1 is 0.296 bits per heavy atom. The van der Waals surface area contributed by atoms with Crippen molar-refractivity contribution < 1.29 is 80.2 Å². The van der Waals surface area contributed by atoms with E-state index in [2.05, 4.69) is 101 Å². The van der Waals surface area contributed by atoms with Crippen molar-refractivity contribution in [3.63, 3.8) is 0 Å². The van der Waals surface area contributed by atoms with Crippen molar-refractivity contribution in [2.45, 2.75) is 367 Å². The first-order valence-corrected chi connectivity index (χ1v) is 42.2. The molecule has 5 atom stereocenters. The molecular formula is C79H142O17P2. The molecule has 0 aliphatic heterocycles. The van der Waals surface area contributed by atoms with E-state index in [0.717, 1.165) is 148 Å².